The largest absolute Gasteiger partial charge is 0.493 e. The van der Waals surface area contributed by atoms with Crippen LogP contribution < -0.4 is 9.47 Å². The predicted octanol–water partition coefficient (Wildman–Crippen LogP) is 2.66. The van der Waals surface area contributed by atoms with Crippen LogP contribution in [0.25, 0.3) is 0 Å². The Bertz CT molecular complexity index is 653. The number of carbonyl (C=O) groups is 2. The standard InChI is InChI=1S/C19H25NO5/c1-12-15(10-20(19(12)23)11-18(21)22)13-7-8-16(24-2)17(9-13)25-14-5-3-4-6-14/h7-9,12,14-15H,3-6,10-11H2,1-2H3,(H,21,22)/t12?,15-/m1/s1. The summed E-state index contributed by atoms with van der Waals surface area (Å²) in [7, 11) is 1.62. The average molecular weight is 347 g/mol. The van der Waals surface area contributed by atoms with Crippen LogP contribution >= 0.6 is 0 Å². The van der Waals surface area contributed by atoms with Gasteiger partial charge in [-0.1, -0.05) is 13.0 Å². The Kier molecular flexibility index (Phi) is 5.16. The van der Waals surface area contributed by atoms with Crippen LogP contribution in [0.2, 0.25) is 0 Å². The van der Waals surface area contributed by atoms with E-state index in [9.17, 15) is 9.59 Å². The summed E-state index contributed by atoms with van der Waals surface area (Å²) in [6, 6.07) is 5.77. The summed E-state index contributed by atoms with van der Waals surface area (Å²) in [5.41, 5.74) is 0.988. The molecule has 2 atom stereocenters. The molecule has 3 rings (SSSR count). The van der Waals surface area contributed by atoms with E-state index >= 15 is 0 Å². The van der Waals surface area contributed by atoms with Crippen LogP contribution in [0, 0.1) is 5.92 Å². The number of carbonyl (C=O) groups excluding carboxylic acids is 1. The minimum absolute atomic E-state index is 0.0383. The lowest BCUT2D eigenvalue weighted by Crippen LogP contribution is -2.32. The maximum Gasteiger partial charge on any atom is 0.323 e. The van der Waals surface area contributed by atoms with Gasteiger partial charge in [0.25, 0.3) is 0 Å². The van der Waals surface area contributed by atoms with E-state index in [1.54, 1.807) is 7.11 Å². The zero-order chi connectivity index (χ0) is 18.0. The number of nitrogens with zero attached hydrogens (tertiary/aromatic N) is 1. The van der Waals surface area contributed by atoms with Crippen LogP contribution in [0.4, 0.5) is 0 Å². The van der Waals surface area contributed by atoms with Crippen molar-refractivity contribution < 1.29 is 24.2 Å². The summed E-state index contributed by atoms with van der Waals surface area (Å²) in [6.07, 6.45) is 4.70. The number of benzene rings is 1. The number of carboxylic acid groups (broad SMARTS) is 1. The van der Waals surface area contributed by atoms with Crippen molar-refractivity contribution in [2.24, 2.45) is 5.92 Å². The third-order valence-corrected chi connectivity index (χ3v) is 5.26. The molecule has 6 nitrogen and oxygen atoms in total. The monoisotopic (exact) mass is 347 g/mol. The lowest BCUT2D eigenvalue weighted by atomic mass is 9.90. The predicted molar refractivity (Wildman–Crippen MR) is 92.0 cm³/mol. The van der Waals surface area contributed by atoms with E-state index in [1.807, 2.05) is 25.1 Å². The summed E-state index contributed by atoms with van der Waals surface area (Å²) in [6.45, 7) is 2.03. The van der Waals surface area contributed by atoms with Crippen LogP contribution in [-0.2, 0) is 9.59 Å². The van der Waals surface area contributed by atoms with E-state index in [-0.39, 0.29) is 30.4 Å². The fraction of sp³-hybridized carbons (Fsp3) is 0.579. The van der Waals surface area contributed by atoms with E-state index in [2.05, 4.69) is 0 Å². The lowest BCUT2D eigenvalue weighted by molar-refractivity contribution is -0.143. The molecule has 1 amide bonds. The van der Waals surface area contributed by atoms with Crippen LogP contribution in [0.15, 0.2) is 18.2 Å². The van der Waals surface area contributed by atoms with Crippen molar-refractivity contribution in [1.29, 1.82) is 0 Å². The van der Waals surface area contributed by atoms with E-state index < -0.39 is 5.97 Å². The van der Waals surface area contributed by atoms with Crippen LogP contribution in [0.3, 0.4) is 0 Å². The third-order valence-electron chi connectivity index (χ3n) is 5.26. The molecule has 0 bridgehead atoms. The van der Waals surface area contributed by atoms with E-state index in [0.717, 1.165) is 18.4 Å². The van der Waals surface area contributed by atoms with Crippen molar-refractivity contribution in [3.8, 4) is 11.5 Å². The second-order valence-electron chi connectivity index (χ2n) is 6.94. The number of likely N-dealkylation sites (tertiary alicyclic amines) is 1. The number of methoxy groups -OCH3 is 1. The number of carboxylic acids is 1. The highest BCUT2D eigenvalue weighted by atomic mass is 16.5. The molecule has 1 aliphatic heterocycles. The van der Waals surface area contributed by atoms with Gasteiger partial charge in [-0.05, 0) is 43.4 Å². The molecule has 1 N–H and O–H groups in total. The molecule has 2 fully saturated rings. The fourth-order valence-corrected chi connectivity index (χ4v) is 3.85. The van der Waals surface area contributed by atoms with Gasteiger partial charge in [0, 0.05) is 18.4 Å². The van der Waals surface area contributed by atoms with Crippen molar-refractivity contribution in [1.82, 2.24) is 4.90 Å². The second-order valence-corrected chi connectivity index (χ2v) is 6.94. The van der Waals surface area contributed by atoms with Crippen molar-refractivity contribution >= 4 is 11.9 Å². The first-order valence-electron chi connectivity index (χ1n) is 8.84. The highest BCUT2D eigenvalue weighted by Crippen LogP contribution is 2.39. The van der Waals surface area contributed by atoms with Crippen molar-refractivity contribution in [3.05, 3.63) is 23.8 Å². The molecule has 1 saturated carbocycles. The minimum Gasteiger partial charge on any atom is -0.493 e. The van der Waals surface area contributed by atoms with Gasteiger partial charge in [-0.15, -0.1) is 0 Å². The van der Waals surface area contributed by atoms with Crippen molar-refractivity contribution in [2.75, 3.05) is 20.2 Å². The van der Waals surface area contributed by atoms with E-state index in [0.29, 0.717) is 18.0 Å². The molecule has 25 heavy (non-hydrogen) atoms. The van der Waals surface area contributed by atoms with Crippen LogP contribution in [0.1, 0.15) is 44.1 Å². The zero-order valence-electron chi connectivity index (χ0n) is 14.7. The van der Waals surface area contributed by atoms with E-state index in [1.165, 1.54) is 17.7 Å². The molecular formula is C19H25NO5. The minimum atomic E-state index is -0.985. The van der Waals surface area contributed by atoms with Gasteiger partial charge in [0.1, 0.15) is 6.54 Å². The summed E-state index contributed by atoms with van der Waals surface area (Å²) in [5.74, 6) is 0.0247. The Balaban J connectivity index is 1.81. The quantitative estimate of drug-likeness (QED) is 0.856. The average Bonchev–Trinajstić information content (AvgIpc) is 3.18. The van der Waals surface area contributed by atoms with Gasteiger partial charge in [-0.2, -0.15) is 0 Å². The van der Waals surface area contributed by atoms with Crippen LogP contribution in [0.5, 0.6) is 11.5 Å². The smallest absolute Gasteiger partial charge is 0.323 e. The van der Waals surface area contributed by atoms with E-state index in [4.69, 9.17) is 14.6 Å². The Labute approximate surface area is 147 Å². The van der Waals surface area contributed by atoms with Crippen molar-refractivity contribution in [2.45, 2.75) is 44.6 Å². The Morgan fingerprint density at radius 1 is 1.28 bits per heavy atom. The topological polar surface area (TPSA) is 76.1 Å². The first kappa shape index (κ1) is 17.6. The number of rotatable bonds is 6. The summed E-state index contributed by atoms with van der Waals surface area (Å²) in [5, 5.41) is 8.98. The number of aliphatic carboxylic acids is 1. The first-order chi connectivity index (χ1) is 12.0. The molecule has 136 valence electrons. The van der Waals surface area contributed by atoms with Gasteiger partial charge >= 0.3 is 5.97 Å². The normalized spacial score (nSPS) is 23.9. The maximum absolute atomic E-state index is 12.3. The molecular weight excluding hydrogens is 322 g/mol. The first-order valence-corrected chi connectivity index (χ1v) is 8.84. The van der Waals surface area contributed by atoms with Gasteiger partial charge < -0.3 is 19.5 Å². The fourth-order valence-electron chi connectivity index (χ4n) is 3.85. The van der Waals surface area contributed by atoms with Gasteiger partial charge in [-0.25, -0.2) is 0 Å². The SMILES string of the molecule is COc1ccc([C@@H]2CN(CC(=O)O)C(=O)C2C)cc1OC1CCCC1. The molecule has 1 aliphatic carbocycles. The maximum atomic E-state index is 12.3. The lowest BCUT2D eigenvalue weighted by Gasteiger charge is -2.19. The Hall–Kier alpha value is -2.24. The highest BCUT2D eigenvalue weighted by Gasteiger charge is 2.39. The molecule has 1 aromatic carbocycles. The Morgan fingerprint density at radius 3 is 2.64 bits per heavy atom. The molecule has 1 saturated heterocycles. The molecule has 0 spiro atoms. The highest BCUT2D eigenvalue weighted by molar-refractivity contribution is 5.85. The molecule has 1 unspecified atom stereocenters. The second kappa shape index (κ2) is 7.33. The zero-order valence-corrected chi connectivity index (χ0v) is 14.7. The van der Waals surface area contributed by atoms with Crippen LogP contribution in [-0.4, -0.2) is 48.2 Å². The molecule has 2 aliphatic rings. The molecule has 0 radical (unpaired) electrons. The van der Waals surface area contributed by atoms with Crippen molar-refractivity contribution in [3.63, 3.8) is 0 Å². The number of hydrogen-bond acceptors (Lipinski definition) is 4. The summed E-state index contributed by atoms with van der Waals surface area (Å²) >= 11 is 0. The summed E-state index contributed by atoms with van der Waals surface area (Å²) < 4.78 is 11.5. The third kappa shape index (κ3) is 3.72. The number of ether oxygens (including phenoxy) is 2. The van der Waals surface area contributed by atoms with Gasteiger partial charge in [0.2, 0.25) is 5.91 Å². The van der Waals surface area contributed by atoms with Gasteiger partial charge in [0.15, 0.2) is 11.5 Å². The molecule has 1 heterocycles. The van der Waals surface area contributed by atoms with Gasteiger partial charge in [0.05, 0.1) is 13.2 Å². The summed E-state index contributed by atoms with van der Waals surface area (Å²) in [4.78, 5) is 24.7. The molecule has 6 heteroatoms. The molecule has 0 aromatic heterocycles. The Morgan fingerprint density at radius 2 is 2.00 bits per heavy atom. The number of amides is 1. The molecule has 1 aromatic rings. The number of hydrogen-bond donors (Lipinski definition) is 1. The van der Waals surface area contributed by atoms with Gasteiger partial charge in [-0.3, -0.25) is 9.59 Å².